The minimum Gasteiger partial charge on any atom is -0.481 e. The number of aliphatic carboxylic acids is 1. The van der Waals surface area contributed by atoms with Gasteiger partial charge < -0.3 is 10.0 Å². The van der Waals surface area contributed by atoms with Crippen LogP contribution in [0.2, 0.25) is 0 Å². The summed E-state index contributed by atoms with van der Waals surface area (Å²) in [6.07, 6.45) is 4.79. The smallest absolute Gasteiger partial charge is 0.305 e. The monoisotopic (exact) mass is 274 g/mol. The predicted molar refractivity (Wildman–Crippen MR) is 75.0 cm³/mol. The standard InChI is InChI=1S/C14H18N4O2/c1-10-6-12-15-9-16-18(12)13(7-10)17-5-3-2-4-11(17)8-14(19)20/h6-7,9,11H,2-5,8H2,1H3,(H,19,20). The number of carboxylic acids is 1. The molecule has 1 atom stereocenters. The van der Waals surface area contributed by atoms with Gasteiger partial charge in [-0.25, -0.2) is 4.98 Å². The Hall–Kier alpha value is -2.11. The molecule has 1 N–H and O–H groups in total. The fourth-order valence-electron chi connectivity index (χ4n) is 2.96. The second-order valence-electron chi connectivity index (χ2n) is 5.36. The van der Waals surface area contributed by atoms with Crippen LogP contribution in [0.15, 0.2) is 18.5 Å². The predicted octanol–water partition coefficient (Wildman–Crippen LogP) is 1.87. The number of hydrogen-bond donors (Lipinski definition) is 1. The van der Waals surface area contributed by atoms with Gasteiger partial charge in [0, 0.05) is 12.6 Å². The molecule has 1 aliphatic rings. The maximum Gasteiger partial charge on any atom is 0.305 e. The van der Waals surface area contributed by atoms with E-state index in [0.29, 0.717) is 0 Å². The van der Waals surface area contributed by atoms with Crippen LogP contribution in [-0.2, 0) is 4.79 Å². The summed E-state index contributed by atoms with van der Waals surface area (Å²) in [5, 5.41) is 13.4. The van der Waals surface area contributed by atoms with Crippen molar-refractivity contribution in [3.05, 3.63) is 24.0 Å². The molecule has 106 valence electrons. The summed E-state index contributed by atoms with van der Waals surface area (Å²) in [6, 6.07) is 4.07. The van der Waals surface area contributed by atoms with Gasteiger partial charge in [0.05, 0.1) is 6.42 Å². The van der Waals surface area contributed by atoms with Crippen LogP contribution < -0.4 is 4.90 Å². The zero-order valence-corrected chi connectivity index (χ0v) is 11.5. The highest BCUT2D eigenvalue weighted by atomic mass is 16.4. The summed E-state index contributed by atoms with van der Waals surface area (Å²) < 4.78 is 1.80. The number of aromatic nitrogens is 3. The minimum atomic E-state index is -0.746. The molecule has 3 rings (SSSR count). The number of carbonyl (C=O) groups is 1. The van der Waals surface area contributed by atoms with Crippen molar-refractivity contribution in [1.29, 1.82) is 0 Å². The number of pyridine rings is 1. The van der Waals surface area contributed by atoms with Crippen LogP contribution in [0.5, 0.6) is 0 Å². The second-order valence-corrected chi connectivity index (χ2v) is 5.36. The Morgan fingerprint density at radius 3 is 3.10 bits per heavy atom. The van der Waals surface area contributed by atoms with Crippen LogP contribution in [0.25, 0.3) is 5.65 Å². The van der Waals surface area contributed by atoms with E-state index in [9.17, 15) is 4.79 Å². The molecule has 2 aromatic rings. The summed E-state index contributed by atoms with van der Waals surface area (Å²) in [4.78, 5) is 17.5. The summed E-state index contributed by atoms with van der Waals surface area (Å²) in [6.45, 7) is 2.89. The number of rotatable bonds is 3. The first-order chi connectivity index (χ1) is 9.65. The Labute approximate surface area is 117 Å². The lowest BCUT2D eigenvalue weighted by Gasteiger charge is -2.36. The highest BCUT2D eigenvalue weighted by molar-refractivity contribution is 5.68. The largest absolute Gasteiger partial charge is 0.481 e. The fraction of sp³-hybridized carbons (Fsp3) is 0.500. The summed E-state index contributed by atoms with van der Waals surface area (Å²) in [7, 11) is 0. The lowest BCUT2D eigenvalue weighted by atomic mass is 9.99. The van der Waals surface area contributed by atoms with Crippen molar-refractivity contribution in [2.24, 2.45) is 0 Å². The van der Waals surface area contributed by atoms with Crippen LogP contribution in [0.1, 0.15) is 31.2 Å². The molecule has 1 saturated heterocycles. The number of carboxylic acid groups (broad SMARTS) is 1. The van der Waals surface area contributed by atoms with E-state index in [-0.39, 0.29) is 12.5 Å². The molecular weight excluding hydrogens is 256 g/mol. The van der Waals surface area contributed by atoms with Crippen LogP contribution in [0.3, 0.4) is 0 Å². The van der Waals surface area contributed by atoms with Crippen LogP contribution in [0, 0.1) is 6.92 Å². The third-order valence-corrected chi connectivity index (χ3v) is 3.84. The molecule has 6 heteroatoms. The van der Waals surface area contributed by atoms with Gasteiger partial charge in [0.15, 0.2) is 5.65 Å². The zero-order valence-electron chi connectivity index (χ0n) is 11.5. The molecule has 0 radical (unpaired) electrons. The van der Waals surface area contributed by atoms with Gasteiger partial charge in [0.25, 0.3) is 0 Å². The van der Waals surface area contributed by atoms with Crippen molar-refractivity contribution < 1.29 is 9.90 Å². The molecule has 6 nitrogen and oxygen atoms in total. The van der Waals surface area contributed by atoms with E-state index in [4.69, 9.17) is 5.11 Å². The molecule has 0 bridgehead atoms. The fourth-order valence-corrected chi connectivity index (χ4v) is 2.96. The number of anilines is 1. The lowest BCUT2D eigenvalue weighted by molar-refractivity contribution is -0.137. The van der Waals surface area contributed by atoms with Crippen LogP contribution in [-0.4, -0.2) is 38.3 Å². The average molecular weight is 274 g/mol. The molecule has 0 saturated carbocycles. The Morgan fingerprint density at radius 2 is 2.30 bits per heavy atom. The van der Waals surface area contributed by atoms with Gasteiger partial charge in [-0.15, -0.1) is 0 Å². The van der Waals surface area contributed by atoms with E-state index in [1.54, 1.807) is 4.52 Å². The molecule has 0 spiro atoms. The number of aryl methyl sites for hydroxylation is 1. The highest BCUT2D eigenvalue weighted by Crippen LogP contribution is 2.27. The molecule has 0 aliphatic carbocycles. The quantitative estimate of drug-likeness (QED) is 0.925. The molecular formula is C14H18N4O2. The van der Waals surface area contributed by atoms with E-state index in [1.165, 1.54) is 6.33 Å². The molecule has 0 amide bonds. The van der Waals surface area contributed by atoms with Crippen molar-refractivity contribution in [2.75, 3.05) is 11.4 Å². The topological polar surface area (TPSA) is 70.7 Å². The minimum absolute atomic E-state index is 0.0375. The number of hydrogen-bond acceptors (Lipinski definition) is 4. The van der Waals surface area contributed by atoms with E-state index < -0.39 is 5.97 Å². The van der Waals surface area contributed by atoms with Crippen LogP contribution >= 0.6 is 0 Å². The molecule has 0 aromatic carbocycles. The van der Waals surface area contributed by atoms with Crippen LogP contribution in [0.4, 0.5) is 5.82 Å². The van der Waals surface area contributed by atoms with E-state index in [1.807, 2.05) is 13.0 Å². The van der Waals surface area contributed by atoms with Crippen molar-refractivity contribution >= 4 is 17.4 Å². The number of fused-ring (bicyclic) bond motifs is 1. The summed E-state index contributed by atoms with van der Waals surface area (Å²) in [5.41, 5.74) is 1.92. The van der Waals surface area contributed by atoms with Gasteiger partial charge in [-0.05, 0) is 43.9 Å². The maximum absolute atomic E-state index is 11.1. The van der Waals surface area contributed by atoms with Crippen molar-refractivity contribution in [2.45, 2.75) is 38.6 Å². The maximum atomic E-state index is 11.1. The van der Waals surface area contributed by atoms with Gasteiger partial charge in [-0.3, -0.25) is 4.79 Å². The summed E-state index contributed by atoms with van der Waals surface area (Å²) in [5.74, 6) is 0.202. The van der Waals surface area contributed by atoms with Gasteiger partial charge in [0.2, 0.25) is 0 Å². The first-order valence-corrected chi connectivity index (χ1v) is 6.94. The molecule has 3 heterocycles. The number of piperidine rings is 1. The third-order valence-electron chi connectivity index (χ3n) is 3.84. The lowest BCUT2D eigenvalue weighted by Crippen LogP contribution is -2.42. The van der Waals surface area contributed by atoms with E-state index >= 15 is 0 Å². The molecule has 2 aromatic heterocycles. The first-order valence-electron chi connectivity index (χ1n) is 6.94. The Balaban J connectivity index is 2.02. The van der Waals surface area contributed by atoms with Gasteiger partial charge in [-0.2, -0.15) is 9.61 Å². The number of nitrogens with zero attached hydrogens (tertiary/aromatic N) is 4. The van der Waals surface area contributed by atoms with Gasteiger partial charge in [-0.1, -0.05) is 0 Å². The average Bonchev–Trinajstić information content (AvgIpc) is 2.86. The zero-order chi connectivity index (χ0) is 14.1. The van der Waals surface area contributed by atoms with Gasteiger partial charge >= 0.3 is 5.97 Å². The Morgan fingerprint density at radius 1 is 1.45 bits per heavy atom. The van der Waals surface area contributed by atoms with Gasteiger partial charge in [0.1, 0.15) is 12.1 Å². The van der Waals surface area contributed by atoms with E-state index in [2.05, 4.69) is 21.0 Å². The van der Waals surface area contributed by atoms with Crippen molar-refractivity contribution in [3.63, 3.8) is 0 Å². The molecule has 1 unspecified atom stereocenters. The molecule has 1 fully saturated rings. The highest BCUT2D eigenvalue weighted by Gasteiger charge is 2.26. The van der Waals surface area contributed by atoms with E-state index in [0.717, 1.165) is 42.8 Å². The van der Waals surface area contributed by atoms with Crippen molar-refractivity contribution in [3.8, 4) is 0 Å². The Bertz CT molecular complexity index is 637. The molecule has 1 aliphatic heterocycles. The normalized spacial score (nSPS) is 19.4. The summed E-state index contributed by atoms with van der Waals surface area (Å²) >= 11 is 0. The van der Waals surface area contributed by atoms with Crippen molar-refractivity contribution in [1.82, 2.24) is 14.6 Å². The Kier molecular flexibility index (Phi) is 3.30. The molecule has 20 heavy (non-hydrogen) atoms. The second kappa shape index (κ2) is 5.11. The third kappa shape index (κ3) is 2.33. The first kappa shape index (κ1) is 12.9. The SMILES string of the molecule is Cc1cc(N2CCCCC2CC(=O)O)n2ncnc2c1.